The van der Waals surface area contributed by atoms with E-state index in [1.54, 1.807) is 0 Å². The number of unbranched alkanes of at least 4 members (excludes halogenated alkanes) is 1. The van der Waals surface area contributed by atoms with Gasteiger partial charge in [-0.15, -0.1) is 0 Å². The molecule has 2 atom stereocenters. The summed E-state index contributed by atoms with van der Waals surface area (Å²) >= 11 is 0. The summed E-state index contributed by atoms with van der Waals surface area (Å²) in [4.78, 5) is 0. The van der Waals surface area contributed by atoms with Gasteiger partial charge in [-0.25, -0.2) is 0 Å². The summed E-state index contributed by atoms with van der Waals surface area (Å²) in [7, 11) is 0. The number of hydrogen-bond donors (Lipinski definition) is 0. The third kappa shape index (κ3) is 14.6. The molecule has 0 amide bonds. The number of epoxide rings is 1. The van der Waals surface area contributed by atoms with E-state index in [-0.39, 0.29) is 0 Å². The number of allylic oxidation sites excluding steroid dienone is 10. The van der Waals surface area contributed by atoms with E-state index in [9.17, 15) is 0 Å². The normalized spacial score (nSPS) is 20.5. The van der Waals surface area contributed by atoms with Gasteiger partial charge in [0.1, 0.15) is 0 Å². The Morgan fingerprint density at radius 3 is 1.33 bits per heavy atom. The molecule has 1 rings (SSSR count). The Kier molecular flexibility index (Phi) is 13.8. The van der Waals surface area contributed by atoms with E-state index in [0.717, 1.165) is 0 Å². The minimum Gasteiger partial charge on any atom is -0.370 e. The number of rotatable bonds is 15. The molecule has 0 N–H and O–H groups in total. The maximum atomic E-state index is 5.49. The van der Waals surface area contributed by atoms with Crippen molar-refractivity contribution in [2.45, 2.75) is 125 Å². The zero-order valence-corrected chi connectivity index (χ0v) is 21.0. The topological polar surface area (TPSA) is 12.5 Å². The smallest absolute Gasteiger partial charge is 0.0842 e. The lowest BCUT2D eigenvalue weighted by Gasteiger charge is -2.03. The standard InChI is InChI=1S/C29H48O/c1-23(2)13-10-16-26(5)19-11-17-24(3)14-8-9-15-25(4)18-12-20-27(6)21-22-29-28(7)30-29/h13-15,19-20,28-29H,8-12,16-18,21-22H2,1-7H3/b24-14?,25-15+,26-19+,27-20?. The van der Waals surface area contributed by atoms with Crippen LogP contribution >= 0.6 is 0 Å². The van der Waals surface area contributed by atoms with E-state index in [0.29, 0.717) is 12.2 Å². The average molecular weight is 413 g/mol. The van der Waals surface area contributed by atoms with Gasteiger partial charge < -0.3 is 4.74 Å². The molecule has 0 aromatic heterocycles. The maximum absolute atomic E-state index is 5.49. The molecule has 0 bridgehead atoms. The monoisotopic (exact) mass is 412 g/mol. The second kappa shape index (κ2) is 15.5. The van der Waals surface area contributed by atoms with E-state index in [2.05, 4.69) is 78.8 Å². The fraction of sp³-hybridized carbons (Fsp3) is 0.655. The lowest BCUT2D eigenvalue weighted by molar-refractivity contribution is 0.370. The lowest BCUT2D eigenvalue weighted by atomic mass is 10.0. The van der Waals surface area contributed by atoms with Gasteiger partial charge in [-0.3, -0.25) is 0 Å². The molecule has 0 aromatic rings. The van der Waals surface area contributed by atoms with Crippen molar-refractivity contribution in [3.05, 3.63) is 58.2 Å². The van der Waals surface area contributed by atoms with Gasteiger partial charge >= 0.3 is 0 Å². The van der Waals surface area contributed by atoms with Gasteiger partial charge in [-0.1, -0.05) is 58.2 Å². The Morgan fingerprint density at radius 2 is 0.933 bits per heavy atom. The molecule has 0 aromatic carbocycles. The quantitative estimate of drug-likeness (QED) is 0.148. The zero-order valence-electron chi connectivity index (χ0n) is 21.0. The van der Waals surface area contributed by atoms with Crippen LogP contribution in [0.3, 0.4) is 0 Å². The molecule has 1 fully saturated rings. The van der Waals surface area contributed by atoms with Gasteiger partial charge in [0.2, 0.25) is 0 Å². The fourth-order valence-corrected chi connectivity index (χ4v) is 3.65. The third-order valence-corrected chi connectivity index (χ3v) is 5.97. The predicted molar refractivity (Wildman–Crippen MR) is 135 cm³/mol. The number of ether oxygens (including phenoxy) is 1. The van der Waals surface area contributed by atoms with E-state index in [4.69, 9.17) is 4.74 Å². The van der Waals surface area contributed by atoms with Crippen LogP contribution in [0.1, 0.15) is 113 Å². The van der Waals surface area contributed by atoms with Crippen LogP contribution in [-0.2, 0) is 4.74 Å². The predicted octanol–water partition coefficient (Wildman–Crippen LogP) is 9.43. The van der Waals surface area contributed by atoms with Gasteiger partial charge in [-0.2, -0.15) is 0 Å². The summed E-state index contributed by atoms with van der Waals surface area (Å²) in [6.07, 6.45) is 24.9. The molecule has 1 aliphatic rings. The SMILES string of the molecule is CC(C)=CCC/C(C)=C/CCC(C)=CCC/C=C(\C)CCC=C(C)CCC1OC1C. The van der Waals surface area contributed by atoms with E-state index < -0.39 is 0 Å². The zero-order chi connectivity index (χ0) is 22.4. The van der Waals surface area contributed by atoms with Crippen molar-refractivity contribution in [2.24, 2.45) is 0 Å². The van der Waals surface area contributed by atoms with Crippen LogP contribution in [0.4, 0.5) is 0 Å². The van der Waals surface area contributed by atoms with Crippen LogP contribution < -0.4 is 0 Å². The molecule has 0 saturated carbocycles. The summed E-state index contributed by atoms with van der Waals surface area (Å²) < 4.78 is 5.49. The minimum absolute atomic E-state index is 0.499. The molecule has 0 aliphatic carbocycles. The lowest BCUT2D eigenvalue weighted by Crippen LogP contribution is -1.90. The Bertz CT molecular complexity index is 637. The molecule has 1 heteroatoms. The van der Waals surface area contributed by atoms with Crippen molar-refractivity contribution < 1.29 is 4.74 Å². The first-order valence-electron chi connectivity index (χ1n) is 12.2. The highest BCUT2D eigenvalue weighted by molar-refractivity contribution is 5.07. The highest BCUT2D eigenvalue weighted by Gasteiger charge is 2.32. The Morgan fingerprint density at radius 1 is 0.567 bits per heavy atom. The van der Waals surface area contributed by atoms with Crippen LogP contribution in [0, 0.1) is 0 Å². The minimum atomic E-state index is 0.499. The first-order chi connectivity index (χ1) is 14.3. The first-order valence-corrected chi connectivity index (χ1v) is 12.2. The van der Waals surface area contributed by atoms with Crippen molar-refractivity contribution in [3.8, 4) is 0 Å². The summed E-state index contributed by atoms with van der Waals surface area (Å²) in [5.74, 6) is 0. The summed E-state index contributed by atoms with van der Waals surface area (Å²) in [5, 5.41) is 0. The van der Waals surface area contributed by atoms with Gasteiger partial charge in [0.05, 0.1) is 12.2 Å². The van der Waals surface area contributed by atoms with Gasteiger partial charge in [0.15, 0.2) is 0 Å². The van der Waals surface area contributed by atoms with Crippen molar-refractivity contribution in [1.29, 1.82) is 0 Å². The summed E-state index contributed by atoms with van der Waals surface area (Å²) in [6, 6.07) is 0. The fourth-order valence-electron chi connectivity index (χ4n) is 3.65. The van der Waals surface area contributed by atoms with E-state index in [1.165, 1.54) is 92.1 Å². The van der Waals surface area contributed by atoms with Gasteiger partial charge in [0.25, 0.3) is 0 Å². The second-order valence-corrected chi connectivity index (χ2v) is 9.60. The number of hydrogen-bond acceptors (Lipinski definition) is 1. The third-order valence-electron chi connectivity index (χ3n) is 5.97. The molecule has 2 unspecified atom stereocenters. The van der Waals surface area contributed by atoms with Crippen molar-refractivity contribution in [2.75, 3.05) is 0 Å². The Balaban J connectivity index is 2.14. The van der Waals surface area contributed by atoms with Crippen molar-refractivity contribution in [3.63, 3.8) is 0 Å². The molecule has 1 saturated heterocycles. The van der Waals surface area contributed by atoms with Crippen LogP contribution in [0.5, 0.6) is 0 Å². The second-order valence-electron chi connectivity index (χ2n) is 9.60. The molecule has 1 heterocycles. The average Bonchev–Trinajstić information content (AvgIpc) is 3.38. The van der Waals surface area contributed by atoms with Crippen LogP contribution in [0.2, 0.25) is 0 Å². The Hall–Kier alpha value is -1.34. The van der Waals surface area contributed by atoms with Crippen LogP contribution in [-0.4, -0.2) is 12.2 Å². The molecular formula is C29H48O. The molecule has 0 radical (unpaired) electrons. The molecule has 1 aliphatic heterocycles. The maximum Gasteiger partial charge on any atom is 0.0842 e. The van der Waals surface area contributed by atoms with Crippen LogP contribution in [0.25, 0.3) is 0 Å². The van der Waals surface area contributed by atoms with Gasteiger partial charge in [-0.05, 0) is 113 Å². The largest absolute Gasteiger partial charge is 0.370 e. The Labute approximate surface area is 188 Å². The molecule has 1 nitrogen and oxygen atoms in total. The van der Waals surface area contributed by atoms with E-state index in [1.807, 2.05) is 0 Å². The summed E-state index contributed by atoms with van der Waals surface area (Å²) in [5.41, 5.74) is 7.52. The van der Waals surface area contributed by atoms with E-state index >= 15 is 0 Å². The molecule has 30 heavy (non-hydrogen) atoms. The van der Waals surface area contributed by atoms with Crippen LogP contribution in [0.15, 0.2) is 58.2 Å². The molecule has 170 valence electrons. The first kappa shape index (κ1) is 26.7. The van der Waals surface area contributed by atoms with Crippen molar-refractivity contribution in [1.82, 2.24) is 0 Å². The summed E-state index contributed by atoms with van der Waals surface area (Å²) in [6.45, 7) is 15.6. The van der Waals surface area contributed by atoms with Crippen molar-refractivity contribution >= 4 is 0 Å². The van der Waals surface area contributed by atoms with Gasteiger partial charge in [0, 0.05) is 0 Å². The highest BCUT2D eigenvalue weighted by atomic mass is 16.6. The molecule has 0 spiro atoms. The molecular weight excluding hydrogens is 364 g/mol. The highest BCUT2D eigenvalue weighted by Crippen LogP contribution is 2.27.